The summed E-state index contributed by atoms with van der Waals surface area (Å²) in [5.74, 6) is 0.263. The van der Waals surface area contributed by atoms with E-state index in [1.807, 2.05) is 31.3 Å². The topological polar surface area (TPSA) is 69.7 Å². The van der Waals surface area contributed by atoms with Crippen molar-refractivity contribution in [3.8, 4) is 0 Å². The quantitative estimate of drug-likeness (QED) is 0.500. The summed E-state index contributed by atoms with van der Waals surface area (Å²) in [6.45, 7) is 4.62. The molecule has 2 aromatic carbocycles. The predicted octanol–water partition coefficient (Wildman–Crippen LogP) is 4.53. The van der Waals surface area contributed by atoms with Gasteiger partial charge in [-0.1, -0.05) is 28.1 Å². The van der Waals surface area contributed by atoms with Gasteiger partial charge in [0.1, 0.15) is 0 Å². The van der Waals surface area contributed by atoms with Gasteiger partial charge in [0.05, 0.1) is 10.6 Å². The number of sulfone groups is 1. The molecule has 2 heterocycles. The standard InChI is InChI=1S/C25H34BrN3O3S.2ClH/c1-28(25(30)19-9-14-29(15-10-19)23-7-11-27-12-8-23)13-2-16-33(31,32)24-6-4-20-17-22(26)5-3-21(20)18-24;;/h3-6,17-19,23,27H,2,7-16H2,1H3;2*1H. The molecule has 196 valence electrons. The van der Waals surface area contributed by atoms with Crippen LogP contribution in [0.2, 0.25) is 0 Å². The number of nitrogens with zero attached hydrogens (tertiary/aromatic N) is 2. The highest BCUT2D eigenvalue weighted by Gasteiger charge is 2.30. The van der Waals surface area contributed by atoms with Crippen LogP contribution in [0.15, 0.2) is 45.8 Å². The van der Waals surface area contributed by atoms with Gasteiger partial charge < -0.3 is 15.1 Å². The summed E-state index contributed by atoms with van der Waals surface area (Å²) in [7, 11) is -1.58. The van der Waals surface area contributed by atoms with Gasteiger partial charge in [0.2, 0.25) is 5.91 Å². The Bertz CT molecular complexity index is 1090. The molecule has 2 aromatic rings. The number of hydrogen-bond donors (Lipinski definition) is 1. The van der Waals surface area contributed by atoms with Crippen LogP contribution in [0.25, 0.3) is 10.8 Å². The van der Waals surface area contributed by atoms with Crippen LogP contribution in [0.5, 0.6) is 0 Å². The van der Waals surface area contributed by atoms with Crippen molar-refractivity contribution in [1.82, 2.24) is 15.1 Å². The number of carbonyl (C=O) groups excluding carboxylic acids is 1. The van der Waals surface area contributed by atoms with E-state index in [9.17, 15) is 13.2 Å². The van der Waals surface area contributed by atoms with Gasteiger partial charge in [-0.2, -0.15) is 0 Å². The van der Waals surface area contributed by atoms with Crippen LogP contribution >= 0.6 is 40.7 Å². The van der Waals surface area contributed by atoms with Crippen LogP contribution in [0.3, 0.4) is 0 Å². The number of nitrogens with one attached hydrogen (secondary N) is 1. The third-order valence-electron chi connectivity index (χ3n) is 7.12. The second kappa shape index (κ2) is 13.6. The zero-order valence-electron chi connectivity index (χ0n) is 20.1. The number of piperidine rings is 2. The van der Waals surface area contributed by atoms with E-state index in [2.05, 4.69) is 26.1 Å². The maximum absolute atomic E-state index is 12.9. The third kappa shape index (κ3) is 7.79. The number of likely N-dealkylation sites (tertiary alicyclic amines) is 1. The lowest BCUT2D eigenvalue weighted by Crippen LogP contribution is -2.48. The lowest BCUT2D eigenvalue weighted by atomic mass is 9.92. The van der Waals surface area contributed by atoms with E-state index in [0.29, 0.717) is 23.9 Å². The fourth-order valence-corrected chi connectivity index (χ4v) is 6.81. The maximum atomic E-state index is 12.9. The Kier molecular flexibility index (Phi) is 11.8. The summed E-state index contributed by atoms with van der Waals surface area (Å²) >= 11 is 3.44. The molecule has 1 amide bonds. The molecular weight excluding hydrogens is 573 g/mol. The molecule has 0 atom stereocenters. The van der Waals surface area contributed by atoms with Gasteiger partial charge in [-0.15, -0.1) is 24.8 Å². The number of hydrogen-bond acceptors (Lipinski definition) is 5. The fraction of sp³-hybridized carbons (Fsp3) is 0.560. The van der Waals surface area contributed by atoms with Crippen molar-refractivity contribution in [3.05, 3.63) is 40.9 Å². The summed E-state index contributed by atoms with van der Waals surface area (Å²) in [5, 5.41) is 5.32. The van der Waals surface area contributed by atoms with Crippen LogP contribution in [-0.4, -0.2) is 75.7 Å². The van der Waals surface area contributed by atoms with Crippen LogP contribution in [0.1, 0.15) is 32.1 Å². The average Bonchev–Trinajstić information content (AvgIpc) is 2.83. The van der Waals surface area contributed by atoms with Gasteiger partial charge in [0.25, 0.3) is 0 Å². The minimum Gasteiger partial charge on any atom is -0.345 e. The van der Waals surface area contributed by atoms with Gasteiger partial charge in [0.15, 0.2) is 9.84 Å². The lowest BCUT2D eigenvalue weighted by Gasteiger charge is -2.39. The molecule has 0 saturated carbocycles. The zero-order valence-corrected chi connectivity index (χ0v) is 24.2. The Hall–Kier alpha value is -0.900. The first kappa shape index (κ1) is 30.3. The molecule has 4 rings (SSSR count). The molecule has 2 aliphatic heterocycles. The number of carbonyl (C=O) groups is 1. The van der Waals surface area contributed by atoms with Gasteiger partial charge in [-0.05, 0) is 93.3 Å². The molecule has 0 radical (unpaired) electrons. The average molecular weight is 609 g/mol. The molecule has 10 heteroatoms. The Labute approximate surface area is 230 Å². The van der Waals surface area contributed by atoms with Crippen LogP contribution in [-0.2, 0) is 14.6 Å². The summed E-state index contributed by atoms with van der Waals surface area (Å²) in [4.78, 5) is 17.6. The summed E-state index contributed by atoms with van der Waals surface area (Å²) in [6.07, 6.45) is 4.64. The minimum absolute atomic E-state index is 0. The summed E-state index contributed by atoms with van der Waals surface area (Å²) in [5.41, 5.74) is 0. The van der Waals surface area contributed by atoms with Crippen molar-refractivity contribution in [2.24, 2.45) is 5.92 Å². The highest BCUT2D eigenvalue weighted by atomic mass is 79.9. The first-order chi connectivity index (χ1) is 15.8. The van der Waals surface area contributed by atoms with E-state index in [4.69, 9.17) is 0 Å². The van der Waals surface area contributed by atoms with Gasteiger partial charge >= 0.3 is 0 Å². The van der Waals surface area contributed by atoms with Crippen molar-refractivity contribution >= 4 is 67.3 Å². The molecule has 2 fully saturated rings. The molecule has 2 saturated heterocycles. The van der Waals surface area contributed by atoms with E-state index < -0.39 is 9.84 Å². The van der Waals surface area contributed by atoms with Gasteiger partial charge in [0, 0.05) is 30.0 Å². The van der Waals surface area contributed by atoms with Crippen LogP contribution < -0.4 is 5.32 Å². The number of benzene rings is 2. The SMILES string of the molecule is CN(CCCS(=O)(=O)c1ccc2cc(Br)ccc2c1)C(=O)C1CCN(C2CCNCC2)CC1.Cl.Cl. The zero-order chi connectivity index (χ0) is 23.4. The van der Waals surface area contributed by atoms with Crippen molar-refractivity contribution in [1.29, 1.82) is 0 Å². The number of halogens is 3. The van der Waals surface area contributed by atoms with E-state index >= 15 is 0 Å². The van der Waals surface area contributed by atoms with Crippen LogP contribution in [0, 0.1) is 5.92 Å². The third-order valence-corrected chi connectivity index (χ3v) is 9.41. The molecule has 0 unspecified atom stereocenters. The summed E-state index contributed by atoms with van der Waals surface area (Å²) in [6, 6.07) is 11.7. The first-order valence-corrected chi connectivity index (χ1v) is 14.4. The fourth-order valence-electron chi connectivity index (χ4n) is 5.10. The Morgan fingerprint density at radius 3 is 2.34 bits per heavy atom. The van der Waals surface area contributed by atoms with E-state index in [1.165, 1.54) is 12.8 Å². The molecule has 2 aliphatic rings. The Morgan fingerprint density at radius 1 is 1.03 bits per heavy atom. The Balaban J connectivity index is 0.00000216. The molecular formula is C25H36BrCl2N3O3S. The van der Waals surface area contributed by atoms with Crippen molar-refractivity contribution < 1.29 is 13.2 Å². The number of fused-ring (bicyclic) bond motifs is 1. The number of rotatable bonds is 7. The van der Waals surface area contributed by atoms with E-state index in [1.54, 1.807) is 17.0 Å². The predicted molar refractivity (Wildman–Crippen MR) is 151 cm³/mol. The van der Waals surface area contributed by atoms with Crippen LogP contribution in [0.4, 0.5) is 0 Å². The van der Waals surface area contributed by atoms with Gasteiger partial charge in [-0.3, -0.25) is 4.79 Å². The minimum atomic E-state index is -3.39. The molecule has 0 bridgehead atoms. The molecule has 0 aliphatic carbocycles. The molecule has 0 spiro atoms. The second-order valence-corrected chi connectivity index (χ2v) is 12.4. The van der Waals surface area contributed by atoms with E-state index in [0.717, 1.165) is 54.3 Å². The highest BCUT2D eigenvalue weighted by Crippen LogP contribution is 2.25. The van der Waals surface area contributed by atoms with E-state index in [-0.39, 0.29) is 42.4 Å². The molecule has 0 aromatic heterocycles. The largest absolute Gasteiger partial charge is 0.345 e. The lowest BCUT2D eigenvalue weighted by molar-refractivity contribution is -0.136. The smallest absolute Gasteiger partial charge is 0.225 e. The summed E-state index contributed by atoms with van der Waals surface area (Å²) < 4.78 is 26.7. The van der Waals surface area contributed by atoms with Crippen molar-refractivity contribution in [2.45, 2.75) is 43.0 Å². The van der Waals surface area contributed by atoms with Gasteiger partial charge in [-0.25, -0.2) is 8.42 Å². The highest BCUT2D eigenvalue weighted by molar-refractivity contribution is 9.10. The molecule has 1 N–H and O–H groups in total. The van der Waals surface area contributed by atoms with Crippen molar-refractivity contribution in [2.75, 3.05) is 45.5 Å². The number of amides is 1. The van der Waals surface area contributed by atoms with Crippen molar-refractivity contribution in [3.63, 3.8) is 0 Å². The normalized spacial score (nSPS) is 18.0. The Morgan fingerprint density at radius 2 is 1.66 bits per heavy atom. The maximum Gasteiger partial charge on any atom is 0.225 e. The first-order valence-electron chi connectivity index (χ1n) is 12.0. The molecule has 6 nitrogen and oxygen atoms in total. The monoisotopic (exact) mass is 607 g/mol. The second-order valence-electron chi connectivity index (χ2n) is 9.38. The molecule has 35 heavy (non-hydrogen) atoms.